The Morgan fingerprint density at radius 2 is 2.33 bits per heavy atom. The van der Waals surface area contributed by atoms with E-state index in [9.17, 15) is 0 Å². The number of nitrogen functional groups attached to an aromatic ring is 1. The summed E-state index contributed by atoms with van der Waals surface area (Å²) >= 11 is 5.83. The number of aromatic nitrogens is 2. The number of anilines is 2. The van der Waals surface area contributed by atoms with Crippen LogP contribution in [0.2, 0.25) is 5.02 Å². The molecule has 0 saturated heterocycles. The molecule has 1 aromatic carbocycles. The molecule has 0 fully saturated rings. The van der Waals surface area contributed by atoms with Crippen LogP contribution >= 0.6 is 11.6 Å². The second-order valence-corrected chi connectivity index (χ2v) is 3.37. The first-order valence-electron chi connectivity index (χ1n) is 4.30. The van der Waals surface area contributed by atoms with Gasteiger partial charge in [-0.2, -0.15) is 4.98 Å². The van der Waals surface area contributed by atoms with Gasteiger partial charge in [0.1, 0.15) is 0 Å². The third kappa shape index (κ3) is 2.38. The van der Waals surface area contributed by atoms with E-state index in [1.54, 1.807) is 18.2 Å². The monoisotopic (exact) mass is 224 g/mol. The van der Waals surface area contributed by atoms with Crippen molar-refractivity contribution in [2.45, 2.75) is 6.54 Å². The fraction of sp³-hybridized carbons (Fsp3) is 0.111. The Bertz CT molecular complexity index is 443. The van der Waals surface area contributed by atoms with Gasteiger partial charge in [0, 0.05) is 5.02 Å². The fourth-order valence-electron chi connectivity index (χ4n) is 1.13. The summed E-state index contributed by atoms with van der Waals surface area (Å²) in [4.78, 5) is 3.87. The lowest BCUT2D eigenvalue weighted by molar-refractivity contribution is 0.411. The van der Waals surface area contributed by atoms with Gasteiger partial charge in [-0.1, -0.05) is 16.8 Å². The van der Waals surface area contributed by atoms with Crippen molar-refractivity contribution in [3.05, 3.63) is 35.4 Å². The zero-order valence-corrected chi connectivity index (χ0v) is 8.53. The van der Waals surface area contributed by atoms with Gasteiger partial charge < -0.3 is 15.6 Å². The molecule has 2 rings (SSSR count). The van der Waals surface area contributed by atoms with Gasteiger partial charge in [-0.15, -0.1) is 0 Å². The van der Waals surface area contributed by atoms with E-state index >= 15 is 0 Å². The molecule has 0 atom stereocenters. The molecule has 0 aliphatic carbocycles. The molecule has 0 radical (unpaired) electrons. The normalized spacial score (nSPS) is 10.2. The molecule has 0 unspecified atom stereocenters. The minimum Gasteiger partial charge on any atom is -0.397 e. The lowest BCUT2D eigenvalue weighted by Gasteiger charge is -2.07. The summed E-state index contributed by atoms with van der Waals surface area (Å²) in [5.74, 6) is 0.564. The number of benzene rings is 1. The van der Waals surface area contributed by atoms with E-state index in [-0.39, 0.29) is 0 Å². The van der Waals surface area contributed by atoms with E-state index in [0.29, 0.717) is 23.1 Å². The van der Waals surface area contributed by atoms with Gasteiger partial charge in [0.25, 0.3) is 0 Å². The maximum atomic E-state index is 5.83. The van der Waals surface area contributed by atoms with Crippen molar-refractivity contribution in [3.8, 4) is 0 Å². The van der Waals surface area contributed by atoms with Crippen LogP contribution in [-0.2, 0) is 6.54 Å². The maximum absolute atomic E-state index is 5.83. The number of hydrogen-bond acceptors (Lipinski definition) is 5. The second kappa shape index (κ2) is 4.18. The average Bonchev–Trinajstić information content (AvgIpc) is 2.72. The largest absolute Gasteiger partial charge is 0.397 e. The van der Waals surface area contributed by atoms with Gasteiger partial charge in [-0.3, -0.25) is 0 Å². The molecule has 0 aliphatic rings. The van der Waals surface area contributed by atoms with Crippen molar-refractivity contribution >= 4 is 23.0 Å². The van der Waals surface area contributed by atoms with Crippen molar-refractivity contribution in [2.24, 2.45) is 0 Å². The van der Waals surface area contributed by atoms with Crippen LogP contribution < -0.4 is 11.1 Å². The molecular weight excluding hydrogens is 216 g/mol. The minimum atomic E-state index is 0.445. The molecule has 0 aliphatic heterocycles. The lowest BCUT2D eigenvalue weighted by Crippen LogP contribution is -2.03. The van der Waals surface area contributed by atoms with Crippen molar-refractivity contribution in [1.82, 2.24) is 10.1 Å². The topological polar surface area (TPSA) is 77.0 Å². The smallest absolute Gasteiger partial charge is 0.213 e. The Kier molecular flexibility index (Phi) is 2.73. The molecular formula is C9H9ClN4O. The second-order valence-electron chi connectivity index (χ2n) is 2.93. The summed E-state index contributed by atoms with van der Waals surface area (Å²) in [6.45, 7) is 0.445. The van der Waals surface area contributed by atoms with Gasteiger partial charge in [0.05, 0.1) is 17.9 Å². The molecule has 78 valence electrons. The molecule has 0 bridgehead atoms. The number of rotatable bonds is 3. The summed E-state index contributed by atoms with van der Waals surface area (Å²) < 4.78 is 4.60. The summed E-state index contributed by atoms with van der Waals surface area (Å²) in [5.41, 5.74) is 7.13. The van der Waals surface area contributed by atoms with Gasteiger partial charge >= 0.3 is 0 Å². The van der Waals surface area contributed by atoms with Crippen molar-refractivity contribution in [1.29, 1.82) is 0 Å². The van der Waals surface area contributed by atoms with Crippen LogP contribution in [0.15, 0.2) is 29.1 Å². The van der Waals surface area contributed by atoms with Crippen LogP contribution in [0.3, 0.4) is 0 Å². The van der Waals surface area contributed by atoms with Crippen molar-refractivity contribution < 1.29 is 4.52 Å². The summed E-state index contributed by atoms with van der Waals surface area (Å²) in [6, 6.07) is 5.22. The number of nitrogens with one attached hydrogen (secondary N) is 1. The van der Waals surface area contributed by atoms with E-state index in [1.807, 2.05) is 0 Å². The van der Waals surface area contributed by atoms with Gasteiger partial charge in [-0.25, -0.2) is 0 Å². The summed E-state index contributed by atoms with van der Waals surface area (Å²) in [6.07, 6.45) is 1.28. The average molecular weight is 225 g/mol. The Labute approximate surface area is 91.2 Å². The molecule has 3 N–H and O–H groups in total. The van der Waals surface area contributed by atoms with Crippen LogP contribution in [0.1, 0.15) is 5.82 Å². The number of nitrogens with zero attached hydrogens (tertiary/aromatic N) is 2. The highest BCUT2D eigenvalue weighted by Crippen LogP contribution is 2.22. The zero-order valence-electron chi connectivity index (χ0n) is 7.77. The lowest BCUT2D eigenvalue weighted by atomic mass is 10.2. The van der Waals surface area contributed by atoms with Gasteiger partial charge in [-0.05, 0) is 18.2 Å². The van der Waals surface area contributed by atoms with Gasteiger partial charge in [0.2, 0.25) is 6.39 Å². The number of hydrogen-bond donors (Lipinski definition) is 2. The number of nitrogens with two attached hydrogens (primary N) is 1. The summed E-state index contributed by atoms with van der Waals surface area (Å²) in [5, 5.41) is 7.35. The van der Waals surface area contributed by atoms with E-state index in [4.69, 9.17) is 17.3 Å². The summed E-state index contributed by atoms with van der Waals surface area (Å²) in [7, 11) is 0. The Morgan fingerprint density at radius 3 is 3.07 bits per heavy atom. The van der Waals surface area contributed by atoms with Crippen LogP contribution in [0.25, 0.3) is 0 Å². The van der Waals surface area contributed by atoms with Crippen LogP contribution in [0.5, 0.6) is 0 Å². The van der Waals surface area contributed by atoms with Gasteiger partial charge in [0.15, 0.2) is 5.82 Å². The third-order valence-corrected chi connectivity index (χ3v) is 2.09. The molecule has 1 aromatic heterocycles. The van der Waals surface area contributed by atoms with Crippen LogP contribution in [-0.4, -0.2) is 10.1 Å². The Balaban J connectivity index is 2.07. The molecule has 2 aromatic rings. The van der Waals surface area contributed by atoms with E-state index in [1.165, 1.54) is 6.39 Å². The molecule has 0 saturated carbocycles. The van der Waals surface area contributed by atoms with Crippen molar-refractivity contribution in [3.63, 3.8) is 0 Å². The number of halogens is 1. The van der Waals surface area contributed by atoms with Crippen LogP contribution in [0.4, 0.5) is 11.4 Å². The maximum Gasteiger partial charge on any atom is 0.213 e. The molecule has 0 amide bonds. The first kappa shape index (κ1) is 9.79. The fourth-order valence-corrected chi connectivity index (χ4v) is 1.30. The minimum absolute atomic E-state index is 0.445. The van der Waals surface area contributed by atoms with Crippen molar-refractivity contribution in [2.75, 3.05) is 11.1 Å². The molecule has 0 spiro atoms. The van der Waals surface area contributed by atoms with E-state index in [0.717, 1.165) is 5.69 Å². The molecule has 6 heteroatoms. The highest BCUT2D eigenvalue weighted by atomic mass is 35.5. The quantitative estimate of drug-likeness (QED) is 0.779. The third-order valence-electron chi connectivity index (χ3n) is 1.86. The Morgan fingerprint density at radius 1 is 1.47 bits per heavy atom. The SMILES string of the molecule is Nc1ccc(Cl)cc1NCc1ncon1. The van der Waals surface area contributed by atoms with Crippen LogP contribution in [0, 0.1) is 0 Å². The predicted octanol–water partition coefficient (Wildman–Crippen LogP) is 1.92. The van der Waals surface area contributed by atoms with E-state index < -0.39 is 0 Å². The molecule has 15 heavy (non-hydrogen) atoms. The zero-order chi connectivity index (χ0) is 10.7. The van der Waals surface area contributed by atoms with E-state index in [2.05, 4.69) is 20.0 Å². The highest BCUT2D eigenvalue weighted by molar-refractivity contribution is 6.31. The molecule has 5 nitrogen and oxygen atoms in total. The highest BCUT2D eigenvalue weighted by Gasteiger charge is 2.02. The molecule has 1 heterocycles. The Hall–Kier alpha value is -1.75. The first-order chi connectivity index (χ1) is 7.25. The standard InChI is InChI=1S/C9H9ClN4O/c10-6-1-2-7(11)8(3-6)12-4-9-13-5-15-14-9/h1-3,5,12H,4,11H2. The first-order valence-corrected chi connectivity index (χ1v) is 4.67. The predicted molar refractivity (Wildman–Crippen MR) is 57.5 cm³/mol.